The highest BCUT2D eigenvalue weighted by Crippen LogP contribution is 2.52. The largest absolute Gasteiger partial charge is 0.385 e. The smallest absolute Gasteiger partial charge is 0.165 e. The molecule has 0 heterocycles. The van der Waals surface area contributed by atoms with Gasteiger partial charge in [0.25, 0.3) is 0 Å². The van der Waals surface area contributed by atoms with E-state index in [4.69, 9.17) is 28.4 Å². The van der Waals surface area contributed by atoms with Crippen molar-refractivity contribution in [3.8, 4) is 0 Å². The van der Waals surface area contributed by atoms with Crippen molar-refractivity contribution in [2.75, 3.05) is 81.3 Å². The molecule has 118 heavy (non-hydrogen) atoms. The highest BCUT2D eigenvalue weighted by molar-refractivity contribution is 5.31. The lowest BCUT2D eigenvalue weighted by molar-refractivity contribution is 0.0722. The van der Waals surface area contributed by atoms with Crippen molar-refractivity contribution in [3.05, 3.63) is 204 Å². The predicted octanol–water partition coefficient (Wildman–Crippen LogP) is 27.2. The summed E-state index contributed by atoms with van der Waals surface area (Å²) in [7, 11) is 7.08. The van der Waals surface area contributed by atoms with Crippen LogP contribution < -0.4 is 0 Å². The summed E-state index contributed by atoms with van der Waals surface area (Å²) in [5, 5.41) is 0. The standard InChI is InChI=1S/C15H14F4.C15H18.C13H22O2.2C13H20.C12H20O2.2C9H14O.C9H14/c1-7-12(16)14(18)11(15(19)13(7)17)6-10-5-8-2-3-9(10)4-8;1-2-4-12(5-3-1)6-8-14-10-13-7-9-15(14)11-13;1-14-6-2-7-15-8-5-13-10-11-3-4-12(13)9-11;2*1-2-3-4-5-6-12-9-11-7-8-13(12)10-11;1-13-5-2-6-14-9-12-8-10-3-4-11(12)7-10;2*1-10-6-9-5-7-2-3-8(9)4-7;1-2-8-5-7-3-4-9(8)6-7/h2-3,8-10H,4-6H2,1H3;1-5,7,9,13-15H,6,8,10-11H2;3-4,11-13H,2,5-10H2,1H3;3-4,7-8,11-13H,2,5-6,9-10H2,1H3;2,7-8,11-13H,1,3-6,9-10H2;3-4,10-12H,2,5-9H2,1H3;2*2-3,7-9H,4-6H2,1H3;3-4,7-9H,2,5-6H2,1H3/b;;;4-3+;;;;;. The average Bonchev–Trinajstić information content (AvgIpc) is 1.41. The van der Waals surface area contributed by atoms with E-state index in [1.54, 1.807) is 28.4 Å². The van der Waals surface area contributed by atoms with Gasteiger partial charge in [-0.2, -0.15) is 0 Å². The third-order valence-corrected chi connectivity index (χ3v) is 31.3. The molecule has 0 radical (unpaired) electrons. The third kappa shape index (κ3) is 26.8. The number of rotatable bonds is 32. The molecule has 18 aliphatic rings. The lowest BCUT2D eigenvalue weighted by atomic mass is 9.87. The lowest BCUT2D eigenvalue weighted by Crippen LogP contribution is -2.15. The van der Waals surface area contributed by atoms with Crippen LogP contribution in [0.3, 0.4) is 0 Å². The quantitative estimate of drug-likeness (QED) is 0.0315. The maximum absolute atomic E-state index is 13.8. The Morgan fingerprint density at radius 2 is 0.695 bits per heavy atom. The molecule has 0 N–H and O–H groups in total. The zero-order chi connectivity index (χ0) is 82.5. The van der Waals surface area contributed by atoms with Crippen LogP contribution in [0, 0.1) is 190 Å². The van der Waals surface area contributed by atoms with E-state index in [1.165, 1.54) is 179 Å². The summed E-state index contributed by atoms with van der Waals surface area (Å²) >= 11 is 0. The number of halogens is 4. The van der Waals surface area contributed by atoms with Crippen LogP contribution in [0.2, 0.25) is 0 Å². The van der Waals surface area contributed by atoms with Crippen LogP contribution >= 0.6 is 0 Å². The molecule has 20 rings (SSSR count). The van der Waals surface area contributed by atoms with Gasteiger partial charge in [0.1, 0.15) is 0 Å². The first-order chi connectivity index (χ1) is 57.7. The van der Waals surface area contributed by atoms with E-state index in [9.17, 15) is 17.6 Å². The first-order valence-electron chi connectivity index (χ1n) is 48.1. The molecule has 0 aromatic heterocycles. The summed E-state index contributed by atoms with van der Waals surface area (Å²) in [6.07, 6.45) is 90.9. The number of methoxy groups -OCH3 is 4. The molecular formula is C108H156F4O6. The molecule has 18 aliphatic carbocycles. The summed E-state index contributed by atoms with van der Waals surface area (Å²) in [6.45, 7) is 16.5. The Balaban J connectivity index is 0.000000123. The molecule has 9 fully saturated rings. The molecule has 2 aromatic rings. The van der Waals surface area contributed by atoms with Crippen LogP contribution in [-0.4, -0.2) is 81.3 Å². The lowest BCUT2D eigenvalue weighted by Gasteiger charge is -2.19. The first-order valence-corrected chi connectivity index (χ1v) is 48.1. The molecule has 18 bridgehead atoms. The van der Waals surface area contributed by atoms with E-state index in [0.29, 0.717) is 5.92 Å². The molecule has 652 valence electrons. The van der Waals surface area contributed by atoms with Gasteiger partial charge < -0.3 is 28.4 Å². The number of fused-ring (bicyclic) bond motifs is 18. The van der Waals surface area contributed by atoms with Crippen LogP contribution in [0.4, 0.5) is 17.6 Å². The maximum atomic E-state index is 13.8. The van der Waals surface area contributed by atoms with Crippen LogP contribution in [0.5, 0.6) is 0 Å². The minimum absolute atomic E-state index is 0.0668. The van der Waals surface area contributed by atoms with Gasteiger partial charge in [0.05, 0.1) is 0 Å². The molecule has 27 atom stereocenters. The molecule has 0 spiro atoms. The van der Waals surface area contributed by atoms with Crippen molar-refractivity contribution < 1.29 is 46.0 Å². The Labute approximate surface area is 713 Å². The van der Waals surface area contributed by atoms with E-state index in [1.807, 2.05) is 6.08 Å². The van der Waals surface area contributed by atoms with Gasteiger partial charge in [-0.25, -0.2) is 17.6 Å². The second-order valence-electron chi connectivity index (χ2n) is 39.5. The molecule has 6 nitrogen and oxygen atoms in total. The SMILES string of the molecule is C1=CC2CC1CC2CCc1ccccc1.C=CCCCCC1CC2C=CC1C2.CC/C=C/CCC1CC2C=CC1C2.CCC1CC2C=CC1C2.COCC1CC2C=CC1C2.COCC1CC2C=CC1C2.COCCCOCC1CC2C=CC1C2.COCCCOCCC1CC2C=CC1C2.Cc1c(F)c(F)c(CC2CC3C=CC2C3)c(F)c1F. The van der Waals surface area contributed by atoms with Gasteiger partial charge in [-0.15, -0.1) is 6.58 Å². The Kier molecular flexibility index (Phi) is 37.8. The molecule has 0 aliphatic heterocycles. The molecule has 0 amide bonds. The minimum atomic E-state index is -1.27. The third-order valence-electron chi connectivity index (χ3n) is 31.3. The normalized spacial score (nSPS) is 35.7. The second-order valence-corrected chi connectivity index (χ2v) is 39.5. The Morgan fingerprint density at radius 3 is 1.05 bits per heavy atom. The van der Waals surface area contributed by atoms with Crippen LogP contribution in [-0.2, 0) is 41.3 Å². The van der Waals surface area contributed by atoms with Gasteiger partial charge in [0.15, 0.2) is 23.3 Å². The molecule has 10 heteroatoms. The highest BCUT2D eigenvalue weighted by Gasteiger charge is 2.42. The first kappa shape index (κ1) is 92.2. The molecule has 0 saturated heterocycles. The van der Waals surface area contributed by atoms with Gasteiger partial charge in [0.2, 0.25) is 0 Å². The summed E-state index contributed by atoms with van der Waals surface area (Å²) in [5.41, 5.74) is 0.474. The van der Waals surface area contributed by atoms with E-state index in [-0.39, 0.29) is 18.3 Å². The van der Waals surface area contributed by atoms with Crippen molar-refractivity contribution in [1.29, 1.82) is 0 Å². The van der Waals surface area contributed by atoms with Gasteiger partial charge in [-0.3, -0.25) is 0 Å². The Morgan fingerprint density at radius 1 is 0.331 bits per heavy atom. The molecule has 27 unspecified atom stereocenters. The topological polar surface area (TPSA) is 55.4 Å². The summed E-state index contributed by atoms with van der Waals surface area (Å²) < 4.78 is 86.1. The number of ether oxygens (including phenoxy) is 6. The van der Waals surface area contributed by atoms with Gasteiger partial charge >= 0.3 is 0 Å². The van der Waals surface area contributed by atoms with Crippen molar-refractivity contribution >= 4 is 0 Å². The fourth-order valence-corrected chi connectivity index (χ4v) is 24.8. The van der Waals surface area contributed by atoms with E-state index in [0.717, 1.165) is 227 Å². The fraction of sp³-hybridized carbons (Fsp3) is 0.685. The predicted molar refractivity (Wildman–Crippen MR) is 480 cm³/mol. The number of hydrogen-bond donors (Lipinski definition) is 0. The maximum Gasteiger partial charge on any atom is 0.165 e. The van der Waals surface area contributed by atoms with Crippen molar-refractivity contribution in [3.63, 3.8) is 0 Å². The summed E-state index contributed by atoms with van der Waals surface area (Å²) in [4.78, 5) is 0. The number of allylic oxidation sites excluding steroid dienone is 21. The number of hydrogen-bond acceptors (Lipinski definition) is 6. The van der Waals surface area contributed by atoms with E-state index in [2.05, 4.69) is 172 Å². The van der Waals surface area contributed by atoms with Crippen LogP contribution in [0.1, 0.15) is 223 Å². The monoisotopic (exact) mass is 1630 g/mol. The summed E-state index contributed by atoms with van der Waals surface area (Å²) in [5.74, 6) is 17.8. The number of benzene rings is 2. The minimum Gasteiger partial charge on any atom is -0.385 e. The van der Waals surface area contributed by atoms with Crippen molar-refractivity contribution in [2.45, 2.75) is 226 Å². The fourth-order valence-electron chi connectivity index (χ4n) is 24.8. The average molecular weight is 1630 g/mol. The Hall–Kier alpha value is -4.94. The number of aryl methyl sites for hydroxylation is 1. The highest BCUT2D eigenvalue weighted by atomic mass is 19.2. The molecule has 9 saturated carbocycles. The number of unbranched alkanes of at least 4 members (excludes halogenated alkanes) is 2. The van der Waals surface area contributed by atoms with Crippen LogP contribution in [0.15, 0.2) is 165 Å². The van der Waals surface area contributed by atoms with Gasteiger partial charge in [-0.1, -0.05) is 185 Å². The van der Waals surface area contributed by atoms with Crippen LogP contribution in [0.25, 0.3) is 0 Å². The van der Waals surface area contributed by atoms with Gasteiger partial charge in [0, 0.05) is 92.4 Å². The van der Waals surface area contributed by atoms with Crippen molar-refractivity contribution in [2.24, 2.45) is 160 Å². The van der Waals surface area contributed by atoms with E-state index >= 15 is 0 Å². The summed E-state index contributed by atoms with van der Waals surface area (Å²) in [6, 6.07) is 10.9. The molecule has 2 aromatic carbocycles. The zero-order valence-electron chi connectivity index (χ0n) is 74.1. The zero-order valence-corrected chi connectivity index (χ0v) is 74.1. The van der Waals surface area contributed by atoms with Crippen molar-refractivity contribution in [1.82, 2.24) is 0 Å². The van der Waals surface area contributed by atoms with E-state index < -0.39 is 34.4 Å². The van der Waals surface area contributed by atoms with Gasteiger partial charge in [-0.05, 0) is 365 Å². The second kappa shape index (κ2) is 48.4. The molecular weight excluding hydrogens is 1470 g/mol. The Bertz CT molecular complexity index is 3560.